The molecule has 0 amide bonds. The number of fused-ring (bicyclic) bond motifs is 1. The van der Waals surface area contributed by atoms with E-state index in [0.717, 1.165) is 5.52 Å². The van der Waals surface area contributed by atoms with Gasteiger partial charge < -0.3 is 9.14 Å². The van der Waals surface area contributed by atoms with Gasteiger partial charge in [-0.25, -0.2) is 4.79 Å². The Morgan fingerprint density at radius 3 is 2.75 bits per heavy atom. The fraction of sp³-hybridized carbons (Fsp3) is 0.0667. The SMILES string of the molecule is COC(=O)c1cc(C(=O)c2cccs2)n2cccc2c1. The number of pyridine rings is 1. The van der Waals surface area contributed by atoms with E-state index in [-0.39, 0.29) is 5.78 Å². The topological polar surface area (TPSA) is 47.8 Å². The van der Waals surface area contributed by atoms with E-state index in [1.54, 1.807) is 28.8 Å². The summed E-state index contributed by atoms with van der Waals surface area (Å²) in [5.74, 6) is -0.555. The molecule has 100 valence electrons. The standard InChI is InChI=1S/C15H11NO3S/c1-19-15(18)10-8-11-4-2-6-16(11)12(9-10)14(17)13-5-3-7-20-13/h2-9H,1H3. The molecular formula is C15H11NO3S. The molecule has 0 N–H and O–H groups in total. The van der Waals surface area contributed by atoms with Crippen molar-refractivity contribution in [2.75, 3.05) is 7.11 Å². The van der Waals surface area contributed by atoms with Gasteiger partial charge in [-0.2, -0.15) is 0 Å². The van der Waals surface area contributed by atoms with Crippen molar-refractivity contribution in [1.82, 2.24) is 4.40 Å². The number of ketones is 1. The van der Waals surface area contributed by atoms with E-state index in [1.165, 1.54) is 18.4 Å². The summed E-state index contributed by atoms with van der Waals surface area (Å²) in [6.07, 6.45) is 1.80. The lowest BCUT2D eigenvalue weighted by Gasteiger charge is -2.07. The Morgan fingerprint density at radius 2 is 2.05 bits per heavy atom. The number of esters is 1. The Morgan fingerprint density at radius 1 is 1.20 bits per heavy atom. The van der Waals surface area contributed by atoms with Crippen LogP contribution in [-0.2, 0) is 4.74 Å². The highest BCUT2D eigenvalue weighted by atomic mass is 32.1. The van der Waals surface area contributed by atoms with Crippen LogP contribution in [0.3, 0.4) is 0 Å². The third kappa shape index (κ3) is 2.02. The molecule has 0 aliphatic carbocycles. The molecule has 0 saturated heterocycles. The third-order valence-electron chi connectivity index (χ3n) is 3.03. The van der Waals surface area contributed by atoms with Gasteiger partial charge in [-0.1, -0.05) is 6.07 Å². The Kier molecular flexibility index (Phi) is 3.12. The van der Waals surface area contributed by atoms with Crippen LogP contribution < -0.4 is 0 Å². The number of carbonyl (C=O) groups is 2. The summed E-state index contributed by atoms with van der Waals surface area (Å²) in [5, 5.41) is 1.85. The van der Waals surface area contributed by atoms with E-state index in [9.17, 15) is 9.59 Å². The molecule has 0 atom stereocenters. The van der Waals surface area contributed by atoms with Gasteiger partial charge in [-0.05, 0) is 35.7 Å². The second-order valence-electron chi connectivity index (χ2n) is 4.23. The van der Waals surface area contributed by atoms with Crippen LogP contribution in [0.15, 0.2) is 48.0 Å². The number of thiophene rings is 1. The van der Waals surface area contributed by atoms with Crippen molar-refractivity contribution in [3.63, 3.8) is 0 Å². The van der Waals surface area contributed by atoms with Gasteiger partial charge in [0.25, 0.3) is 0 Å². The number of hydrogen-bond acceptors (Lipinski definition) is 4. The van der Waals surface area contributed by atoms with Gasteiger partial charge >= 0.3 is 5.97 Å². The number of aromatic nitrogens is 1. The summed E-state index contributed by atoms with van der Waals surface area (Å²) in [4.78, 5) is 24.9. The zero-order valence-electron chi connectivity index (χ0n) is 10.7. The summed E-state index contributed by atoms with van der Waals surface area (Å²) >= 11 is 1.38. The minimum atomic E-state index is -0.450. The first kappa shape index (κ1) is 12.6. The zero-order valence-corrected chi connectivity index (χ0v) is 11.5. The maximum absolute atomic E-state index is 12.5. The molecule has 0 aromatic carbocycles. The highest BCUT2D eigenvalue weighted by Crippen LogP contribution is 2.19. The minimum Gasteiger partial charge on any atom is -0.465 e. The second kappa shape index (κ2) is 4.94. The third-order valence-corrected chi connectivity index (χ3v) is 3.90. The number of methoxy groups -OCH3 is 1. The molecule has 4 nitrogen and oxygen atoms in total. The molecular weight excluding hydrogens is 274 g/mol. The van der Waals surface area contributed by atoms with Crippen molar-refractivity contribution in [3.05, 3.63) is 64.1 Å². The van der Waals surface area contributed by atoms with E-state index in [1.807, 2.05) is 23.6 Å². The van der Waals surface area contributed by atoms with E-state index in [0.29, 0.717) is 16.1 Å². The molecule has 3 heterocycles. The molecule has 0 fully saturated rings. The lowest BCUT2D eigenvalue weighted by molar-refractivity contribution is 0.0600. The fourth-order valence-corrected chi connectivity index (χ4v) is 2.77. The number of ether oxygens (including phenoxy) is 1. The Labute approximate surface area is 119 Å². The van der Waals surface area contributed by atoms with Gasteiger partial charge in [0.2, 0.25) is 5.78 Å². The van der Waals surface area contributed by atoms with Crippen LogP contribution in [0.5, 0.6) is 0 Å². The fourth-order valence-electron chi connectivity index (χ4n) is 2.09. The average molecular weight is 285 g/mol. The van der Waals surface area contributed by atoms with Crippen molar-refractivity contribution in [1.29, 1.82) is 0 Å². The van der Waals surface area contributed by atoms with Gasteiger partial charge in [0.05, 0.1) is 23.2 Å². The van der Waals surface area contributed by atoms with Crippen LogP contribution in [0.4, 0.5) is 0 Å². The predicted octanol–water partition coefficient (Wildman–Crippen LogP) is 3.02. The number of carbonyl (C=O) groups excluding carboxylic acids is 2. The first-order valence-corrected chi connectivity index (χ1v) is 6.86. The second-order valence-corrected chi connectivity index (χ2v) is 5.18. The molecule has 0 aliphatic heterocycles. The van der Waals surface area contributed by atoms with Crippen molar-refractivity contribution in [3.8, 4) is 0 Å². The van der Waals surface area contributed by atoms with Crippen LogP contribution in [0.25, 0.3) is 5.52 Å². The van der Waals surface area contributed by atoms with Crippen LogP contribution in [0, 0.1) is 0 Å². The van der Waals surface area contributed by atoms with Crippen LogP contribution >= 0.6 is 11.3 Å². The van der Waals surface area contributed by atoms with Gasteiger partial charge in [0.1, 0.15) is 0 Å². The Balaban J connectivity index is 2.20. The normalized spacial score (nSPS) is 10.7. The quantitative estimate of drug-likeness (QED) is 0.549. The Bertz CT molecular complexity index is 787. The van der Waals surface area contributed by atoms with Gasteiger partial charge in [-0.15, -0.1) is 11.3 Å². The van der Waals surface area contributed by atoms with E-state index in [4.69, 9.17) is 4.74 Å². The molecule has 0 saturated carbocycles. The van der Waals surface area contributed by atoms with E-state index in [2.05, 4.69) is 0 Å². The molecule has 0 aliphatic rings. The molecule has 0 unspecified atom stereocenters. The van der Waals surface area contributed by atoms with Gasteiger partial charge in [0, 0.05) is 11.7 Å². The maximum atomic E-state index is 12.5. The summed E-state index contributed by atoms with van der Waals surface area (Å²) in [5.41, 5.74) is 1.61. The molecule has 3 aromatic rings. The molecule has 0 radical (unpaired) electrons. The minimum absolute atomic E-state index is 0.105. The predicted molar refractivity (Wildman–Crippen MR) is 76.5 cm³/mol. The van der Waals surface area contributed by atoms with E-state index >= 15 is 0 Å². The lowest BCUT2D eigenvalue weighted by atomic mass is 10.1. The highest BCUT2D eigenvalue weighted by molar-refractivity contribution is 7.12. The monoisotopic (exact) mass is 285 g/mol. The first-order chi connectivity index (χ1) is 9.70. The summed E-state index contributed by atoms with van der Waals surface area (Å²) in [7, 11) is 1.32. The van der Waals surface area contributed by atoms with E-state index < -0.39 is 5.97 Å². The largest absolute Gasteiger partial charge is 0.465 e. The van der Waals surface area contributed by atoms with Crippen LogP contribution in [-0.4, -0.2) is 23.3 Å². The lowest BCUT2D eigenvalue weighted by Crippen LogP contribution is -2.10. The van der Waals surface area contributed by atoms with Crippen molar-refractivity contribution < 1.29 is 14.3 Å². The molecule has 20 heavy (non-hydrogen) atoms. The van der Waals surface area contributed by atoms with Crippen molar-refractivity contribution in [2.45, 2.75) is 0 Å². The number of rotatable bonds is 3. The molecule has 0 spiro atoms. The highest BCUT2D eigenvalue weighted by Gasteiger charge is 2.17. The summed E-state index contributed by atoms with van der Waals surface area (Å²) in [6, 6.07) is 10.6. The van der Waals surface area contributed by atoms with Crippen LogP contribution in [0.1, 0.15) is 25.7 Å². The van der Waals surface area contributed by atoms with Crippen molar-refractivity contribution in [2.24, 2.45) is 0 Å². The Hall–Kier alpha value is -2.40. The first-order valence-electron chi connectivity index (χ1n) is 5.98. The molecule has 0 bridgehead atoms. The summed E-state index contributed by atoms with van der Waals surface area (Å²) in [6.45, 7) is 0. The van der Waals surface area contributed by atoms with Crippen molar-refractivity contribution >= 4 is 28.6 Å². The van der Waals surface area contributed by atoms with Gasteiger partial charge in [-0.3, -0.25) is 4.79 Å². The number of nitrogens with zero attached hydrogens (tertiary/aromatic N) is 1. The smallest absolute Gasteiger partial charge is 0.338 e. The molecule has 3 rings (SSSR count). The molecule has 3 aromatic heterocycles. The number of hydrogen-bond donors (Lipinski definition) is 0. The van der Waals surface area contributed by atoms with Gasteiger partial charge in [0.15, 0.2) is 0 Å². The maximum Gasteiger partial charge on any atom is 0.338 e. The zero-order chi connectivity index (χ0) is 14.1. The summed E-state index contributed by atoms with van der Waals surface area (Å²) < 4.78 is 6.50. The van der Waals surface area contributed by atoms with Crippen LogP contribution in [0.2, 0.25) is 0 Å². The average Bonchev–Trinajstić information content (AvgIpc) is 3.14. The molecule has 5 heteroatoms.